The van der Waals surface area contributed by atoms with Gasteiger partial charge in [0.15, 0.2) is 5.82 Å². The molecule has 4 rings (SSSR count). The van der Waals surface area contributed by atoms with Crippen LogP contribution < -0.4 is 5.32 Å². The fraction of sp³-hybridized carbons (Fsp3) is 0.435. The lowest BCUT2D eigenvalue weighted by Crippen LogP contribution is -2.38. The van der Waals surface area contributed by atoms with Gasteiger partial charge in [-0.1, -0.05) is 30.3 Å². The lowest BCUT2D eigenvalue weighted by molar-refractivity contribution is 0.211. The Kier molecular flexibility index (Phi) is 5.62. The Morgan fingerprint density at radius 3 is 2.45 bits per heavy atom. The molecule has 29 heavy (non-hydrogen) atoms. The first-order chi connectivity index (χ1) is 14.0. The van der Waals surface area contributed by atoms with Gasteiger partial charge in [0.25, 0.3) is 0 Å². The highest BCUT2D eigenvalue weighted by Gasteiger charge is 2.21. The Morgan fingerprint density at radius 2 is 1.79 bits per heavy atom. The normalized spacial score (nSPS) is 15.6. The SMILES string of the molecule is Cc1cnc(-c2c(C)nn(C)c2C)nc1NC1CCN(Cc2ccccc2)CC1. The molecule has 3 heterocycles. The standard InChI is InChI=1S/C23H30N6/c1-16-14-24-23(21-17(2)27-28(4)18(21)3)26-22(16)25-20-10-12-29(13-11-20)15-19-8-6-5-7-9-19/h5-9,14,20H,10-13,15H2,1-4H3,(H,24,25,26). The molecular weight excluding hydrogens is 360 g/mol. The summed E-state index contributed by atoms with van der Waals surface area (Å²) in [5.74, 6) is 1.70. The summed E-state index contributed by atoms with van der Waals surface area (Å²) in [6.45, 7) is 9.38. The maximum atomic E-state index is 4.87. The third-order valence-corrected chi connectivity index (χ3v) is 5.88. The zero-order valence-electron chi connectivity index (χ0n) is 17.8. The number of hydrogen-bond donors (Lipinski definition) is 1. The van der Waals surface area contributed by atoms with Gasteiger partial charge in [-0.2, -0.15) is 5.10 Å². The summed E-state index contributed by atoms with van der Waals surface area (Å²) in [4.78, 5) is 12.0. The third-order valence-electron chi connectivity index (χ3n) is 5.88. The Hall–Kier alpha value is -2.73. The lowest BCUT2D eigenvalue weighted by atomic mass is 10.0. The molecular formula is C23H30N6. The van der Waals surface area contributed by atoms with Gasteiger partial charge >= 0.3 is 0 Å². The van der Waals surface area contributed by atoms with E-state index in [1.807, 2.05) is 24.9 Å². The largest absolute Gasteiger partial charge is 0.367 e. The summed E-state index contributed by atoms with van der Waals surface area (Å²) >= 11 is 0. The third kappa shape index (κ3) is 4.32. The first kappa shape index (κ1) is 19.6. The van der Waals surface area contributed by atoms with Crippen molar-refractivity contribution in [3.8, 4) is 11.4 Å². The Bertz CT molecular complexity index is 971. The van der Waals surface area contributed by atoms with E-state index in [9.17, 15) is 0 Å². The molecule has 0 amide bonds. The number of benzene rings is 1. The van der Waals surface area contributed by atoms with Gasteiger partial charge in [0.2, 0.25) is 0 Å². The fourth-order valence-electron chi connectivity index (χ4n) is 4.08. The van der Waals surface area contributed by atoms with Crippen LogP contribution in [-0.4, -0.2) is 43.8 Å². The van der Waals surface area contributed by atoms with Crippen molar-refractivity contribution in [1.82, 2.24) is 24.6 Å². The molecule has 1 saturated heterocycles. The van der Waals surface area contributed by atoms with Crippen molar-refractivity contribution < 1.29 is 0 Å². The van der Waals surface area contributed by atoms with Crippen molar-refractivity contribution in [3.63, 3.8) is 0 Å². The van der Waals surface area contributed by atoms with E-state index in [1.165, 1.54) is 5.56 Å². The van der Waals surface area contributed by atoms with Crippen molar-refractivity contribution in [1.29, 1.82) is 0 Å². The Labute approximate surface area is 173 Å². The summed E-state index contributed by atoms with van der Waals surface area (Å²) in [7, 11) is 1.96. The van der Waals surface area contributed by atoms with Crippen molar-refractivity contribution in [2.24, 2.45) is 7.05 Å². The Balaban J connectivity index is 1.42. The minimum Gasteiger partial charge on any atom is -0.367 e. The molecule has 1 aliphatic heterocycles. The molecule has 0 aliphatic carbocycles. The average Bonchev–Trinajstić information content (AvgIpc) is 2.98. The van der Waals surface area contributed by atoms with Gasteiger partial charge in [-0.25, -0.2) is 9.97 Å². The van der Waals surface area contributed by atoms with Gasteiger partial charge in [-0.3, -0.25) is 9.58 Å². The van der Waals surface area contributed by atoms with Crippen LogP contribution in [0.2, 0.25) is 0 Å². The predicted octanol–water partition coefficient (Wildman–Crippen LogP) is 3.88. The first-order valence-corrected chi connectivity index (χ1v) is 10.4. The molecule has 0 atom stereocenters. The minimum atomic E-state index is 0.444. The summed E-state index contributed by atoms with van der Waals surface area (Å²) in [6, 6.07) is 11.2. The minimum absolute atomic E-state index is 0.444. The number of piperidine rings is 1. The van der Waals surface area contributed by atoms with Crippen LogP contribution in [0, 0.1) is 20.8 Å². The molecule has 0 saturated carbocycles. The Morgan fingerprint density at radius 1 is 1.07 bits per heavy atom. The molecule has 1 N–H and O–H groups in total. The zero-order valence-corrected chi connectivity index (χ0v) is 17.8. The van der Waals surface area contributed by atoms with E-state index >= 15 is 0 Å². The molecule has 1 aromatic carbocycles. The van der Waals surface area contributed by atoms with Gasteiger partial charge in [0, 0.05) is 50.2 Å². The maximum absolute atomic E-state index is 4.87. The summed E-state index contributed by atoms with van der Waals surface area (Å²) in [5.41, 5.74) is 5.56. The van der Waals surface area contributed by atoms with E-state index in [1.54, 1.807) is 0 Å². The van der Waals surface area contributed by atoms with E-state index in [4.69, 9.17) is 4.98 Å². The van der Waals surface area contributed by atoms with Crippen LogP contribution in [0.15, 0.2) is 36.5 Å². The number of anilines is 1. The van der Waals surface area contributed by atoms with Crippen LogP contribution in [0.1, 0.15) is 35.4 Å². The number of hydrogen-bond acceptors (Lipinski definition) is 5. The molecule has 0 unspecified atom stereocenters. The van der Waals surface area contributed by atoms with Gasteiger partial charge in [-0.05, 0) is 39.2 Å². The van der Waals surface area contributed by atoms with Crippen LogP contribution >= 0.6 is 0 Å². The molecule has 0 radical (unpaired) electrons. The quantitative estimate of drug-likeness (QED) is 0.716. The second kappa shape index (κ2) is 8.33. The van der Waals surface area contributed by atoms with Crippen LogP contribution in [0.3, 0.4) is 0 Å². The van der Waals surface area contributed by atoms with Crippen LogP contribution in [0.25, 0.3) is 11.4 Å². The van der Waals surface area contributed by atoms with Gasteiger partial charge < -0.3 is 5.32 Å². The topological polar surface area (TPSA) is 58.9 Å². The highest BCUT2D eigenvalue weighted by Crippen LogP contribution is 2.26. The molecule has 2 aromatic heterocycles. The van der Waals surface area contributed by atoms with Gasteiger partial charge in [-0.15, -0.1) is 0 Å². The lowest BCUT2D eigenvalue weighted by Gasteiger charge is -2.33. The van der Waals surface area contributed by atoms with Crippen LogP contribution in [0.5, 0.6) is 0 Å². The van der Waals surface area contributed by atoms with Crippen molar-refractivity contribution in [3.05, 3.63) is 59.0 Å². The molecule has 3 aromatic rings. The van der Waals surface area contributed by atoms with Gasteiger partial charge in [0.05, 0.1) is 11.3 Å². The molecule has 0 spiro atoms. The molecule has 6 nitrogen and oxygen atoms in total. The van der Waals surface area contributed by atoms with Gasteiger partial charge in [0.1, 0.15) is 5.82 Å². The van der Waals surface area contributed by atoms with Crippen LogP contribution in [-0.2, 0) is 13.6 Å². The van der Waals surface area contributed by atoms with E-state index in [2.05, 4.69) is 64.5 Å². The number of aryl methyl sites for hydroxylation is 3. The van der Waals surface area contributed by atoms with E-state index in [0.29, 0.717) is 6.04 Å². The molecule has 6 heteroatoms. The summed E-state index contributed by atoms with van der Waals surface area (Å²) in [6.07, 6.45) is 4.16. The smallest absolute Gasteiger partial charge is 0.165 e. The molecule has 0 bridgehead atoms. The number of rotatable bonds is 5. The highest BCUT2D eigenvalue weighted by molar-refractivity contribution is 5.63. The van der Waals surface area contributed by atoms with Crippen molar-refractivity contribution in [2.45, 2.75) is 46.2 Å². The molecule has 1 aliphatic rings. The molecule has 1 fully saturated rings. The van der Waals surface area contributed by atoms with Crippen molar-refractivity contribution in [2.75, 3.05) is 18.4 Å². The second-order valence-corrected chi connectivity index (χ2v) is 8.08. The highest BCUT2D eigenvalue weighted by atomic mass is 15.3. The van der Waals surface area contributed by atoms with E-state index in [-0.39, 0.29) is 0 Å². The van der Waals surface area contributed by atoms with Crippen LogP contribution in [0.4, 0.5) is 5.82 Å². The van der Waals surface area contributed by atoms with E-state index < -0.39 is 0 Å². The number of nitrogens with one attached hydrogen (secondary N) is 1. The maximum Gasteiger partial charge on any atom is 0.165 e. The van der Waals surface area contributed by atoms with E-state index in [0.717, 1.165) is 66.6 Å². The average molecular weight is 391 g/mol. The fourth-order valence-corrected chi connectivity index (χ4v) is 4.08. The number of nitrogens with zero attached hydrogens (tertiary/aromatic N) is 5. The number of likely N-dealkylation sites (tertiary alicyclic amines) is 1. The number of aromatic nitrogens is 4. The summed E-state index contributed by atoms with van der Waals surface area (Å²) in [5, 5.41) is 8.19. The predicted molar refractivity (Wildman–Crippen MR) is 117 cm³/mol. The molecule has 152 valence electrons. The monoisotopic (exact) mass is 390 g/mol. The first-order valence-electron chi connectivity index (χ1n) is 10.4. The second-order valence-electron chi connectivity index (χ2n) is 8.08. The van der Waals surface area contributed by atoms with Crippen molar-refractivity contribution >= 4 is 5.82 Å². The summed E-state index contributed by atoms with van der Waals surface area (Å²) < 4.78 is 1.89. The zero-order chi connectivity index (χ0) is 20.4.